The van der Waals surface area contributed by atoms with E-state index in [2.05, 4.69) is 19.9 Å². The summed E-state index contributed by atoms with van der Waals surface area (Å²) in [6.07, 6.45) is 1.34. The molecule has 0 spiro atoms. The molecule has 1 amide bonds. The number of likely N-dealkylation sites (tertiary alicyclic amines) is 1. The number of benzene rings is 1. The topological polar surface area (TPSA) is 46.6 Å². The van der Waals surface area contributed by atoms with Crippen LogP contribution in [0.5, 0.6) is 5.75 Å². The van der Waals surface area contributed by atoms with Crippen molar-refractivity contribution in [2.75, 3.05) is 19.7 Å². The molecule has 1 aliphatic rings. The Morgan fingerprint density at radius 1 is 1.24 bits per heavy atom. The number of rotatable bonds is 5. The van der Waals surface area contributed by atoms with Gasteiger partial charge in [0.15, 0.2) is 0 Å². The van der Waals surface area contributed by atoms with Crippen LogP contribution in [0.1, 0.15) is 44.6 Å². The predicted octanol–water partition coefficient (Wildman–Crippen LogP) is 2.77. The monoisotopic (exact) mass is 289 g/mol. The van der Waals surface area contributed by atoms with Gasteiger partial charge >= 0.3 is 0 Å². The minimum Gasteiger partial charge on any atom is -0.493 e. The first-order valence-corrected chi connectivity index (χ1v) is 7.59. The number of hydrogen-bond acceptors (Lipinski definition) is 3. The van der Waals surface area contributed by atoms with E-state index in [1.54, 1.807) is 4.90 Å². The Kier molecular flexibility index (Phi) is 5.37. The van der Waals surface area contributed by atoms with Crippen LogP contribution < -0.4 is 4.74 Å². The Balaban J connectivity index is 1.82. The molecule has 4 heteroatoms. The first-order valence-electron chi connectivity index (χ1n) is 7.59. The number of amides is 1. The molecule has 0 radical (unpaired) electrons. The molecule has 0 aromatic heterocycles. The van der Waals surface area contributed by atoms with Gasteiger partial charge < -0.3 is 9.64 Å². The van der Waals surface area contributed by atoms with Crippen molar-refractivity contribution < 1.29 is 14.3 Å². The van der Waals surface area contributed by atoms with Gasteiger partial charge in [-0.05, 0) is 17.5 Å². The van der Waals surface area contributed by atoms with E-state index in [1.807, 2.05) is 18.2 Å². The summed E-state index contributed by atoms with van der Waals surface area (Å²) in [5.74, 6) is 1.57. The van der Waals surface area contributed by atoms with Gasteiger partial charge in [-0.15, -0.1) is 0 Å². The Labute approximate surface area is 126 Å². The van der Waals surface area contributed by atoms with Crippen molar-refractivity contribution in [2.24, 2.45) is 0 Å². The molecule has 1 saturated heterocycles. The molecule has 0 aliphatic carbocycles. The van der Waals surface area contributed by atoms with E-state index in [0.717, 1.165) is 11.3 Å². The van der Waals surface area contributed by atoms with Crippen molar-refractivity contribution in [3.8, 4) is 5.75 Å². The Morgan fingerprint density at radius 2 is 1.90 bits per heavy atom. The van der Waals surface area contributed by atoms with Gasteiger partial charge in [-0.1, -0.05) is 32.0 Å². The number of ketones is 1. The summed E-state index contributed by atoms with van der Waals surface area (Å²) in [5.41, 5.74) is 1.16. The first-order chi connectivity index (χ1) is 10.1. The van der Waals surface area contributed by atoms with E-state index < -0.39 is 0 Å². The summed E-state index contributed by atoms with van der Waals surface area (Å²) < 4.78 is 5.77. The van der Waals surface area contributed by atoms with E-state index in [4.69, 9.17) is 4.74 Å². The van der Waals surface area contributed by atoms with Crippen LogP contribution in [0.4, 0.5) is 0 Å². The zero-order valence-corrected chi connectivity index (χ0v) is 12.8. The summed E-state index contributed by atoms with van der Waals surface area (Å²) in [7, 11) is 0. The SMILES string of the molecule is CC(C)c1ccccc1OCCC(=O)N1CCC(=O)CC1. The van der Waals surface area contributed by atoms with Crippen molar-refractivity contribution in [1.82, 2.24) is 4.90 Å². The van der Waals surface area contributed by atoms with Gasteiger partial charge in [0.2, 0.25) is 5.91 Å². The average Bonchev–Trinajstić information content (AvgIpc) is 2.48. The third-order valence-electron chi connectivity index (χ3n) is 3.79. The lowest BCUT2D eigenvalue weighted by molar-refractivity contribution is -0.134. The van der Waals surface area contributed by atoms with Gasteiger partial charge in [-0.25, -0.2) is 0 Å². The molecule has 1 aromatic rings. The molecule has 1 heterocycles. The number of para-hydroxylation sites is 1. The van der Waals surface area contributed by atoms with Gasteiger partial charge in [0.25, 0.3) is 0 Å². The molecule has 4 nitrogen and oxygen atoms in total. The maximum atomic E-state index is 12.0. The van der Waals surface area contributed by atoms with Crippen LogP contribution in [0, 0.1) is 0 Å². The highest BCUT2D eigenvalue weighted by atomic mass is 16.5. The molecule has 0 N–H and O–H groups in total. The van der Waals surface area contributed by atoms with Crippen LogP contribution >= 0.6 is 0 Å². The summed E-state index contributed by atoms with van der Waals surface area (Å²) in [6.45, 7) is 5.74. The fourth-order valence-corrected chi connectivity index (χ4v) is 2.50. The number of nitrogens with zero attached hydrogens (tertiary/aromatic N) is 1. The molecule has 114 valence electrons. The highest BCUT2D eigenvalue weighted by Gasteiger charge is 2.20. The van der Waals surface area contributed by atoms with Gasteiger partial charge in [0.05, 0.1) is 13.0 Å². The maximum Gasteiger partial charge on any atom is 0.226 e. The molecule has 0 unspecified atom stereocenters. The smallest absolute Gasteiger partial charge is 0.226 e. The minimum absolute atomic E-state index is 0.0736. The number of carbonyl (C=O) groups excluding carboxylic acids is 2. The summed E-state index contributed by atoms with van der Waals surface area (Å²) in [5, 5.41) is 0. The molecular weight excluding hydrogens is 266 g/mol. The second kappa shape index (κ2) is 7.25. The molecule has 0 atom stereocenters. The van der Waals surface area contributed by atoms with Gasteiger partial charge in [-0.2, -0.15) is 0 Å². The summed E-state index contributed by atoms with van der Waals surface area (Å²) >= 11 is 0. The first kappa shape index (κ1) is 15.5. The second-order valence-electron chi connectivity index (χ2n) is 5.71. The third kappa shape index (κ3) is 4.31. The summed E-state index contributed by atoms with van der Waals surface area (Å²) in [4.78, 5) is 25.0. The van der Waals surface area contributed by atoms with Crippen LogP contribution in [0.3, 0.4) is 0 Å². The molecular formula is C17H23NO3. The molecule has 21 heavy (non-hydrogen) atoms. The van der Waals surface area contributed by atoms with Gasteiger partial charge in [0.1, 0.15) is 11.5 Å². The number of carbonyl (C=O) groups is 2. The van der Waals surface area contributed by atoms with E-state index in [9.17, 15) is 9.59 Å². The lowest BCUT2D eigenvalue weighted by Gasteiger charge is -2.26. The van der Waals surface area contributed by atoms with Crippen LogP contribution in [0.2, 0.25) is 0 Å². The molecule has 2 rings (SSSR count). The molecule has 0 saturated carbocycles. The molecule has 1 aliphatic heterocycles. The fraction of sp³-hybridized carbons (Fsp3) is 0.529. The predicted molar refractivity (Wildman–Crippen MR) is 81.5 cm³/mol. The lowest BCUT2D eigenvalue weighted by atomic mass is 10.0. The quantitative estimate of drug-likeness (QED) is 0.837. The highest BCUT2D eigenvalue weighted by Crippen LogP contribution is 2.25. The Bertz CT molecular complexity index is 501. The Hall–Kier alpha value is -1.84. The van der Waals surface area contributed by atoms with Gasteiger partial charge in [0, 0.05) is 25.9 Å². The van der Waals surface area contributed by atoms with E-state index >= 15 is 0 Å². The number of Topliss-reactive ketones (excluding diaryl/α,β-unsaturated/α-hetero) is 1. The van der Waals surface area contributed by atoms with Crippen LogP contribution in [0.25, 0.3) is 0 Å². The van der Waals surface area contributed by atoms with E-state index in [1.165, 1.54) is 0 Å². The van der Waals surface area contributed by atoms with Gasteiger partial charge in [-0.3, -0.25) is 9.59 Å². The molecule has 1 fully saturated rings. The minimum atomic E-state index is 0.0736. The normalized spacial score (nSPS) is 15.4. The summed E-state index contributed by atoms with van der Waals surface area (Å²) in [6, 6.07) is 7.94. The van der Waals surface area contributed by atoms with Crippen molar-refractivity contribution in [1.29, 1.82) is 0 Å². The Morgan fingerprint density at radius 3 is 2.57 bits per heavy atom. The standard InChI is InChI=1S/C17H23NO3/c1-13(2)15-5-3-4-6-16(15)21-12-9-17(20)18-10-7-14(19)8-11-18/h3-6,13H,7-12H2,1-2H3. The third-order valence-corrected chi connectivity index (χ3v) is 3.79. The fourth-order valence-electron chi connectivity index (χ4n) is 2.50. The zero-order valence-electron chi connectivity index (χ0n) is 12.8. The van der Waals surface area contributed by atoms with Crippen LogP contribution in [0.15, 0.2) is 24.3 Å². The largest absolute Gasteiger partial charge is 0.493 e. The molecule has 1 aromatic carbocycles. The number of piperidine rings is 1. The number of hydrogen-bond donors (Lipinski definition) is 0. The van der Waals surface area contributed by atoms with Crippen LogP contribution in [-0.2, 0) is 9.59 Å². The van der Waals surface area contributed by atoms with Crippen molar-refractivity contribution >= 4 is 11.7 Å². The van der Waals surface area contributed by atoms with E-state index in [-0.39, 0.29) is 11.7 Å². The number of ether oxygens (including phenoxy) is 1. The lowest BCUT2D eigenvalue weighted by Crippen LogP contribution is -2.39. The van der Waals surface area contributed by atoms with Crippen molar-refractivity contribution in [3.63, 3.8) is 0 Å². The maximum absolute atomic E-state index is 12.0. The second-order valence-corrected chi connectivity index (χ2v) is 5.71. The highest BCUT2D eigenvalue weighted by molar-refractivity contribution is 5.83. The molecule has 0 bridgehead atoms. The van der Waals surface area contributed by atoms with Crippen molar-refractivity contribution in [3.05, 3.63) is 29.8 Å². The van der Waals surface area contributed by atoms with Crippen LogP contribution in [-0.4, -0.2) is 36.3 Å². The average molecular weight is 289 g/mol. The van der Waals surface area contributed by atoms with E-state index in [0.29, 0.717) is 44.9 Å². The van der Waals surface area contributed by atoms with Crippen molar-refractivity contribution in [2.45, 2.75) is 39.0 Å². The zero-order chi connectivity index (χ0) is 15.2.